The van der Waals surface area contributed by atoms with Gasteiger partial charge in [0.2, 0.25) is 0 Å². The maximum Gasteiger partial charge on any atom is 0.171 e. The van der Waals surface area contributed by atoms with Gasteiger partial charge < -0.3 is 25.5 Å². The van der Waals surface area contributed by atoms with Crippen LogP contribution in [0.25, 0.3) is 0 Å². The fourth-order valence-corrected chi connectivity index (χ4v) is 3.82. The molecule has 0 spiro atoms. The molecule has 27 heavy (non-hydrogen) atoms. The van der Waals surface area contributed by atoms with E-state index in [1.807, 2.05) is 0 Å². The lowest BCUT2D eigenvalue weighted by molar-refractivity contribution is 0.0968. The Labute approximate surface area is 154 Å². The Kier molecular flexibility index (Phi) is 3.70. The Morgan fingerprint density at radius 3 is 1.81 bits per heavy atom. The predicted octanol–water partition coefficient (Wildman–Crippen LogP) is 3.33. The molecule has 0 aliphatic heterocycles. The summed E-state index contributed by atoms with van der Waals surface area (Å²) < 4.78 is 0. The zero-order valence-corrected chi connectivity index (χ0v) is 14.0. The van der Waals surface area contributed by atoms with Crippen LogP contribution in [0.1, 0.15) is 38.9 Å². The molecule has 4 rings (SSSR count). The van der Waals surface area contributed by atoms with Crippen molar-refractivity contribution in [3.8, 4) is 28.7 Å². The van der Waals surface area contributed by atoms with Crippen molar-refractivity contribution in [3.63, 3.8) is 0 Å². The van der Waals surface area contributed by atoms with E-state index in [-0.39, 0.29) is 40.1 Å². The van der Waals surface area contributed by atoms with E-state index in [2.05, 4.69) is 0 Å². The van der Waals surface area contributed by atoms with Crippen molar-refractivity contribution in [1.82, 2.24) is 0 Å². The quantitative estimate of drug-likeness (QED) is 0.476. The number of hydrogen-bond acceptors (Lipinski definition) is 6. The van der Waals surface area contributed by atoms with E-state index >= 15 is 0 Å². The molecular weight excluding hydrogens is 348 g/mol. The molecule has 0 saturated heterocycles. The summed E-state index contributed by atoms with van der Waals surface area (Å²) in [6.45, 7) is 0. The molecule has 0 aromatic heterocycles. The third kappa shape index (κ3) is 2.71. The van der Waals surface area contributed by atoms with Crippen molar-refractivity contribution in [2.24, 2.45) is 0 Å². The van der Waals surface area contributed by atoms with Crippen LogP contribution >= 0.6 is 0 Å². The zero-order chi connectivity index (χ0) is 19.3. The second-order valence-electron chi connectivity index (χ2n) is 6.62. The maximum atomic E-state index is 13.1. The molecular formula is C21H16O6. The zero-order valence-electron chi connectivity index (χ0n) is 14.0. The highest BCUT2D eigenvalue weighted by atomic mass is 16.3. The van der Waals surface area contributed by atoms with Crippen LogP contribution in [0.4, 0.5) is 0 Å². The Hall–Kier alpha value is -3.67. The number of Topliss-reactive ketones (excluding diaryl/α,β-unsaturated/α-hetero) is 1. The monoisotopic (exact) mass is 364 g/mol. The van der Waals surface area contributed by atoms with E-state index in [0.29, 0.717) is 16.7 Å². The first-order valence-electron chi connectivity index (χ1n) is 8.27. The largest absolute Gasteiger partial charge is 0.508 e. The average molecular weight is 364 g/mol. The van der Waals surface area contributed by atoms with Gasteiger partial charge in [-0.1, -0.05) is 12.1 Å². The van der Waals surface area contributed by atoms with Crippen LogP contribution in [0, 0.1) is 0 Å². The molecule has 136 valence electrons. The first kappa shape index (κ1) is 16.8. The number of carbonyl (C=O) groups is 1. The number of rotatable bonds is 2. The maximum absolute atomic E-state index is 13.1. The molecule has 6 nitrogen and oxygen atoms in total. The average Bonchev–Trinajstić information content (AvgIpc) is 2.88. The summed E-state index contributed by atoms with van der Waals surface area (Å²) in [5.74, 6) is -2.56. The minimum Gasteiger partial charge on any atom is -0.508 e. The van der Waals surface area contributed by atoms with E-state index in [9.17, 15) is 30.3 Å². The Morgan fingerprint density at radius 1 is 0.593 bits per heavy atom. The van der Waals surface area contributed by atoms with Gasteiger partial charge in [-0.2, -0.15) is 0 Å². The first-order valence-corrected chi connectivity index (χ1v) is 8.27. The number of aromatic hydroxyl groups is 5. The summed E-state index contributed by atoms with van der Waals surface area (Å²) in [4.78, 5) is 13.1. The Balaban J connectivity index is 1.97. The molecule has 0 radical (unpaired) electrons. The SMILES string of the molecule is O=C1c2cc(O)cc(O)c2C(c2ccc(O)cc2)[C@@H]1c1cc(O)cc(O)c1. The van der Waals surface area contributed by atoms with Gasteiger partial charge in [0.05, 0.1) is 5.92 Å². The van der Waals surface area contributed by atoms with Crippen molar-refractivity contribution >= 4 is 5.78 Å². The van der Waals surface area contributed by atoms with Crippen LogP contribution in [0.5, 0.6) is 28.7 Å². The standard InChI is InChI=1S/C21H16O6/c22-12-3-1-10(2-4-12)18-19(11-5-13(23)7-14(24)6-11)21(27)16-8-15(25)9-17(26)20(16)18/h1-9,18-19,22-26H/t18?,19-/m0/s1. The molecule has 2 atom stereocenters. The van der Waals surface area contributed by atoms with Gasteiger partial charge >= 0.3 is 0 Å². The normalized spacial score (nSPS) is 18.4. The lowest BCUT2D eigenvalue weighted by Crippen LogP contribution is -2.13. The van der Waals surface area contributed by atoms with Gasteiger partial charge in [0.15, 0.2) is 5.78 Å². The summed E-state index contributed by atoms with van der Waals surface area (Å²) in [6.07, 6.45) is 0. The third-order valence-corrected chi connectivity index (χ3v) is 4.87. The van der Waals surface area contributed by atoms with E-state index in [1.165, 1.54) is 36.4 Å². The van der Waals surface area contributed by atoms with Crippen LogP contribution in [0.3, 0.4) is 0 Å². The van der Waals surface area contributed by atoms with Crippen molar-refractivity contribution in [1.29, 1.82) is 0 Å². The summed E-state index contributed by atoms with van der Waals surface area (Å²) in [6, 6.07) is 12.6. The van der Waals surface area contributed by atoms with Crippen LogP contribution in [0.2, 0.25) is 0 Å². The number of carbonyl (C=O) groups excluding carboxylic acids is 1. The van der Waals surface area contributed by atoms with Gasteiger partial charge in [0, 0.05) is 29.2 Å². The number of benzene rings is 3. The van der Waals surface area contributed by atoms with Gasteiger partial charge in [-0.05, 0) is 41.5 Å². The second kappa shape index (κ2) is 5.95. The summed E-state index contributed by atoms with van der Waals surface area (Å²) in [5, 5.41) is 49.5. The summed E-state index contributed by atoms with van der Waals surface area (Å²) >= 11 is 0. The molecule has 1 unspecified atom stereocenters. The van der Waals surface area contributed by atoms with E-state index in [0.717, 1.165) is 6.07 Å². The molecule has 0 fully saturated rings. The van der Waals surface area contributed by atoms with Gasteiger partial charge in [0.25, 0.3) is 0 Å². The molecule has 1 aliphatic carbocycles. The fourth-order valence-electron chi connectivity index (χ4n) is 3.82. The molecule has 5 N–H and O–H groups in total. The van der Waals surface area contributed by atoms with E-state index < -0.39 is 11.8 Å². The highest BCUT2D eigenvalue weighted by molar-refractivity contribution is 6.08. The molecule has 0 saturated carbocycles. The fraction of sp³-hybridized carbons (Fsp3) is 0.0952. The van der Waals surface area contributed by atoms with E-state index in [4.69, 9.17) is 0 Å². The van der Waals surface area contributed by atoms with Crippen molar-refractivity contribution < 1.29 is 30.3 Å². The Morgan fingerprint density at radius 2 is 1.19 bits per heavy atom. The molecule has 0 bridgehead atoms. The molecule has 1 aliphatic rings. The number of ketones is 1. The minimum absolute atomic E-state index is 0.0600. The van der Waals surface area contributed by atoms with Crippen LogP contribution in [-0.4, -0.2) is 31.3 Å². The molecule has 3 aromatic carbocycles. The van der Waals surface area contributed by atoms with Gasteiger partial charge in [-0.15, -0.1) is 0 Å². The third-order valence-electron chi connectivity index (χ3n) is 4.87. The Bertz CT molecular complexity index is 1030. The molecule has 0 amide bonds. The van der Waals surface area contributed by atoms with Crippen LogP contribution < -0.4 is 0 Å². The van der Waals surface area contributed by atoms with Gasteiger partial charge in [0.1, 0.15) is 28.7 Å². The summed E-state index contributed by atoms with van der Waals surface area (Å²) in [7, 11) is 0. The van der Waals surface area contributed by atoms with Gasteiger partial charge in [-0.3, -0.25) is 4.79 Å². The highest BCUT2D eigenvalue weighted by Crippen LogP contribution is 2.52. The number of hydrogen-bond donors (Lipinski definition) is 5. The van der Waals surface area contributed by atoms with Crippen molar-refractivity contribution in [2.75, 3.05) is 0 Å². The van der Waals surface area contributed by atoms with Crippen molar-refractivity contribution in [3.05, 3.63) is 76.9 Å². The molecule has 0 heterocycles. The first-order chi connectivity index (χ1) is 12.8. The lowest BCUT2D eigenvalue weighted by atomic mass is 9.81. The number of fused-ring (bicyclic) bond motifs is 1. The lowest BCUT2D eigenvalue weighted by Gasteiger charge is -2.21. The second-order valence-corrected chi connectivity index (χ2v) is 6.62. The summed E-state index contributed by atoms with van der Waals surface area (Å²) in [5.41, 5.74) is 1.58. The topological polar surface area (TPSA) is 118 Å². The highest BCUT2D eigenvalue weighted by Gasteiger charge is 2.44. The number of phenolic OH excluding ortho intramolecular Hbond substituents is 5. The van der Waals surface area contributed by atoms with Crippen molar-refractivity contribution in [2.45, 2.75) is 11.8 Å². The van der Waals surface area contributed by atoms with Gasteiger partial charge in [-0.25, -0.2) is 0 Å². The molecule has 3 aromatic rings. The van der Waals surface area contributed by atoms with E-state index in [1.54, 1.807) is 12.1 Å². The predicted molar refractivity (Wildman–Crippen MR) is 96.6 cm³/mol. The number of phenols is 5. The van der Waals surface area contributed by atoms with Crippen LogP contribution in [0.15, 0.2) is 54.6 Å². The smallest absolute Gasteiger partial charge is 0.171 e. The molecule has 6 heteroatoms. The minimum atomic E-state index is -0.824. The van der Waals surface area contributed by atoms with Crippen LogP contribution in [-0.2, 0) is 0 Å².